The van der Waals surface area contributed by atoms with Gasteiger partial charge in [0.25, 0.3) is 5.69 Å². The zero-order valence-electron chi connectivity index (χ0n) is 10.1. The van der Waals surface area contributed by atoms with Gasteiger partial charge in [-0.25, -0.2) is 4.39 Å². The Kier molecular flexibility index (Phi) is 3.47. The lowest BCUT2D eigenvalue weighted by atomic mass is 9.80. The molecule has 5 nitrogen and oxygen atoms in total. The number of nitrogens with zero attached hydrogens (tertiary/aromatic N) is 1. The largest absolute Gasteiger partial charge is 0.377 e. The Morgan fingerprint density at radius 2 is 2.28 bits per heavy atom. The van der Waals surface area contributed by atoms with Crippen molar-refractivity contribution < 1.29 is 14.1 Å². The van der Waals surface area contributed by atoms with Gasteiger partial charge in [-0.1, -0.05) is 0 Å². The molecule has 0 atom stereocenters. The molecule has 1 N–H and O–H groups in total. The highest BCUT2D eigenvalue weighted by Crippen LogP contribution is 2.36. The van der Waals surface area contributed by atoms with Crippen LogP contribution in [0.4, 0.5) is 15.8 Å². The topological polar surface area (TPSA) is 64.4 Å². The fraction of sp³-hybridized carbons (Fsp3) is 0.500. The molecule has 0 unspecified atom stereocenters. The Hall–Kier alpha value is -1.69. The highest BCUT2D eigenvalue weighted by atomic mass is 19.1. The molecule has 1 aromatic rings. The van der Waals surface area contributed by atoms with Crippen LogP contribution in [0.15, 0.2) is 18.2 Å². The van der Waals surface area contributed by atoms with Crippen LogP contribution in [0.2, 0.25) is 0 Å². The van der Waals surface area contributed by atoms with Crippen molar-refractivity contribution in [3.63, 3.8) is 0 Å². The first kappa shape index (κ1) is 12.8. The number of nitro benzene ring substituents is 1. The zero-order chi connectivity index (χ0) is 13.2. The molecule has 1 saturated carbocycles. The first-order valence-electron chi connectivity index (χ1n) is 5.79. The summed E-state index contributed by atoms with van der Waals surface area (Å²) in [6.45, 7) is 0.452. The van der Waals surface area contributed by atoms with Gasteiger partial charge in [0.1, 0.15) is 11.5 Å². The number of halogens is 1. The number of hydrogen-bond acceptors (Lipinski definition) is 4. The molecule has 1 aromatic carbocycles. The number of nitro groups is 1. The molecule has 0 bridgehead atoms. The normalized spacial score (nSPS) is 17.0. The number of anilines is 1. The lowest BCUT2D eigenvalue weighted by Crippen LogP contribution is -2.45. The van der Waals surface area contributed by atoms with Gasteiger partial charge in [0, 0.05) is 25.8 Å². The SMILES string of the molecule is COC1(CNc2cc(F)ccc2[N+](=O)[O-])CCC1. The first-order valence-corrected chi connectivity index (χ1v) is 5.79. The molecule has 1 fully saturated rings. The number of hydrogen-bond donors (Lipinski definition) is 1. The molecule has 0 amide bonds. The summed E-state index contributed by atoms with van der Waals surface area (Å²) in [7, 11) is 1.63. The third-order valence-electron chi connectivity index (χ3n) is 3.45. The second-order valence-corrected chi connectivity index (χ2v) is 4.51. The van der Waals surface area contributed by atoms with Crippen molar-refractivity contribution in [2.45, 2.75) is 24.9 Å². The molecule has 0 aromatic heterocycles. The summed E-state index contributed by atoms with van der Waals surface area (Å²) in [6.07, 6.45) is 2.92. The van der Waals surface area contributed by atoms with E-state index in [1.165, 1.54) is 0 Å². The Morgan fingerprint density at radius 3 is 2.78 bits per heavy atom. The average Bonchev–Trinajstić information content (AvgIpc) is 2.28. The number of ether oxygens (including phenoxy) is 1. The quantitative estimate of drug-likeness (QED) is 0.648. The molecule has 18 heavy (non-hydrogen) atoms. The zero-order valence-corrected chi connectivity index (χ0v) is 10.1. The molecular formula is C12H15FN2O3. The standard InChI is InChI=1S/C12H15FN2O3/c1-18-12(5-2-6-12)8-14-10-7-9(13)3-4-11(10)15(16)17/h3-4,7,14H,2,5-6,8H2,1H3. The summed E-state index contributed by atoms with van der Waals surface area (Å²) in [5, 5.41) is 13.7. The number of benzene rings is 1. The van der Waals surface area contributed by atoms with Crippen LogP contribution in [0.5, 0.6) is 0 Å². The van der Waals surface area contributed by atoms with Gasteiger partial charge in [-0.05, 0) is 25.3 Å². The predicted octanol–water partition coefficient (Wildman–Crippen LogP) is 2.71. The van der Waals surface area contributed by atoms with Crippen LogP contribution < -0.4 is 5.32 Å². The van der Waals surface area contributed by atoms with E-state index in [9.17, 15) is 14.5 Å². The molecular weight excluding hydrogens is 239 g/mol. The van der Waals surface area contributed by atoms with Gasteiger partial charge >= 0.3 is 0 Å². The van der Waals surface area contributed by atoms with Gasteiger partial charge < -0.3 is 10.1 Å². The van der Waals surface area contributed by atoms with E-state index < -0.39 is 10.7 Å². The second-order valence-electron chi connectivity index (χ2n) is 4.51. The predicted molar refractivity (Wildman–Crippen MR) is 65.1 cm³/mol. The average molecular weight is 254 g/mol. The molecule has 1 aliphatic carbocycles. The minimum atomic E-state index is -0.526. The van der Waals surface area contributed by atoms with Crippen molar-refractivity contribution in [2.24, 2.45) is 0 Å². The highest BCUT2D eigenvalue weighted by molar-refractivity contribution is 5.61. The molecule has 98 valence electrons. The maximum atomic E-state index is 13.1. The maximum absolute atomic E-state index is 13.1. The molecule has 6 heteroatoms. The van der Waals surface area contributed by atoms with Crippen LogP contribution in [0, 0.1) is 15.9 Å². The minimum absolute atomic E-state index is 0.123. The van der Waals surface area contributed by atoms with Crippen LogP contribution in [0.25, 0.3) is 0 Å². The fourth-order valence-corrected chi connectivity index (χ4v) is 2.09. The third-order valence-corrected chi connectivity index (χ3v) is 3.45. The van der Waals surface area contributed by atoms with E-state index in [2.05, 4.69) is 5.32 Å². The molecule has 0 saturated heterocycles. The van der Waals surface area contributed by atoms with Gasteiger partial charge in [0.15, 0.2) is 0 Å². The van der Waals surface area contributed by atoms with Crippen LogP contribution >= 0.6 is 0 Å². The maximum Gasteiger partial charge on any atom is 0.292 e. The van der Waals surface area contributed by atoms with E-state index in [-0.39, 0.29) is 17.0 Å². The van der Waals surface area contributed by atoms with Gasteiger partial charge in [-0.15, -0.1) is 0 Å². The molecule has 0 heterocycles. The Morgan fingerprint density at radius 1 is 1.56 bits per heavy atom. The van der Waals surface area contributed by atoms with Crippen molar-refractivity contribution in [1.82, 2.24) is 0 Å². The number of methoxy groups -OCH3 is 1. The van der Waals surface area contributed by atoms with E-state index in [1.54, 1.807) is 7.11 Å². The van der Waals surface area contributed by atoms with Crippen molar-refractivity contribution in [3.8, 4) is 0 Å². The lowest BCUT2D eigenvalue weighted by Gasteiger charge is -2.40. The molecule has 1 aliphatic rings. The summed E-state index contributed by atoms with van der Waals surface area (Å²) in [4.78, 5) is 10.3. The molecule has 2 rings (SSSR count). The smallest absolute Gasteiger partial charge is 0.292 e. The van der Waals surface area contributed by atoms with Gasteiger partial charge in [-0.2, -0.15) is 0 Å². The summed E-state index contributed by atoms with van der Waals surface area (Å²) in [5.74, 6) is -0.497. The molecule has 0 aliphatic heterocycles. The summed E-state index contributed by atoms with van der Waals surface area (Å²) in [5.41, 5.74) is -0.189. The van der Waals surface area contributed by atoms with E-state index in [1.807, 2.05) is 0 Å². The van der Waals surface area contributed by atoms with E-state index >= 15 is 0 Å². The lowest BCUT2D eigenvalue weighted by molar-refractivity contribution is -0.384. The van der Waals surface area contributed by atoms with Crippen LogP contribution in [-0.4, -0.2) is 24.2 Å². The Bertz CT molecular complexity index is 455. The minimum Gasteiger partial charge on any atom is -0.377 e. The van der Waals surface area contributed by atoms with Crippen LogP contribution in [-0.2, 0) is 4.74 Å². The molecule has 0 spiro atoms. The summed E-state index contributed by atoms with van der Waals surface area (Å²) < 4.78 is 18.5. The fourth-order valence-electron chi connectivity index (χ4n) is 2.09. The third kappa shape index (κ3) is 2.43. The van der Waals surface area contributed by atoms with Gasteiger partial charge in [0.2, 0.25) is 0 Å². The summed E-state index contributed by atoms with van der Waals surface area (Å²) >= 11 is 0. The van der Waals surface area contributed by atoms with Crippen LogP contribution in [0.3, 0.4) is 0 Å². The van der Waals surface area contributed by atoms with E-state index in [0.29, 0.717) is 6.54 Å². The van der Waals surface area contributed by atoms with Crippen molar-refractivity contribution >= 4 is 11.4 Å². The highest BCUT2D eigenvalue weighted by Gasteiger charge is 2.37. The van der Waals surface area contributed by atoms with Crippen molar-refractivity contribution in [3.05, 3.63) is 34.1 Å². The van der Waals surface area contributed by atoms with E-state index in [0.717, 1.165) is 37.5 Å². The first-order chi connectivity index (χ1) is 8.56. The monoisotopic (exact) mass is 254 g/mol. The Balaban J connectivity index is 2.12. The van der Waals surface area contributed by atoms with Gasteiger partial charge in [0.05, 0.1) is 10.5 Å². The number of rotatable bonds is 5. The van der Waals surface area contributed by atoms with Gasteiger partial charge in [-0.3, -0.25) is 10.1 Å². The Labute approximate surface area is 104 Å². The number of nitrogens with one attached hydrogen (secondary N) is 1. The van der Waals surface area contributed by atoms with E-state index in [4.69, 9.17) is 4.74 Å². The van der Waals surface area contributed by atoms with Crippen molar-refractivity contribution in [2.75, 3.05) is 19.0 Å². The van der Waals surface area contributed by atoms with Crippen molar-refractivity contribution in [1.29, 1.82) is 0 Å². The van der Waals surface area contributed by atoms with Crippen LogP contribution in [0.1, 0.15) is 19.3 Å². The summed E-state index contributed by atoms with van der Waals surface area (Å²) in [6, 6.07) is 3.39. The second kappa shape index (κ2) is 4.89. The molecule has 0 radical (unpaired) electrons.